The summed E-state index contributed by atoms with van der Waals surface area (Å²) in [6.45, 7) is 1.50. The highest BCUT2D eigenvalue weighted by Crippen LogP contribution is 2.19. The van der Waals surface area contributed by atoms with Crippen LogP contribution in [-0.2, 0) is 0 Å². The summed E-state index contributed by atoms with van der Waals surface area (Å²) >= 11 is 0. The zero-order valence-electron chi connectivity index (χ0n) is 16.7. The number of benzene rings is 1. The molecule has 31 heavy (non-hydrogen) atoms. The number of carbonyl (C=O) groups is 3. The van der Waals surface area contributed by atoms with E-state index in [0.717, 1.165) is 0 Å². The Morgan fingerprint density at radius 1 is 1.06 bits per heavy atom. The van der Waals surface area contributed by atoms with Crippen molar-refractivity contribution in [3.05, 3.63) is 53.5 Å². The lowest BCUT2D eigenvalue weighted by Gasteiger charge is -2.34. The first-order valence-electron chi connectivity index (χ1n) is 9.48. The molecule has 0 radical (unpaired) electrons. The van der Waals surface area contributed by atoms with Gasteiger partial charge in [-0.2, -0.15) is 13.2 Å². The van der Waals surface area contributed by atoms with Crippen molar-refractivity contribution in [2.45, 2.75) is 13.1 Å². The first-order valence-corrected chi connectivity index (χ1v) is 9.48. The third-order valence-corrected chi connectivity index (χ3v) is 4.78. The summed E-state index contributed by atoms with van der Waals surface area (Å²) in [5.74, 6) is -0.912. The molecule has 11 heteroatoms. The number of aryl methyl sites for hydroxylation is 1. The Balaban J connectivity index is 1.58. The number of anilines is 1. The number of amides is 4. The Labute approximate surface area is 176 Å². The van der Waals surface area contributed by atoms with Crippen molar-refractivity contribution in [3.8, 4) is 0 Å². The standard InChI is InChI=1S/C20H21F3N4O4/c1-13-4-5-14(17(28)24-12-20(21,22)23)11-15(13)25-19(30)27-8-6-26(7-9-27)18(29)16-3-2-10-31-16/h2-5,10-11H,6-9,12H2,1H3,(H,24,28)(H,25,30). The molecular weight excluding hydrogens is 417 g/mol. The Hall–Kier alpha value is -3.50. The quantitative estimate of drug-likeness (QED) is 0.768. The second-order valence-electron chi connectivity index (χ2n) is 7.01. The van der Waals surface area contributed by atoms with Crippen LogP contribution in [0.2, 0.25) is 0 Å². The van der Waals surface area contributed by atoms with Crippen molar-refractivity contribution in [3.63, 3.8) is 0 Å². The second kappa shape index (κ2) is 9.11. The van der Waals surface area contributed by atoms with E-state index in [2.05, 4.69) is 5.32 Å². The SMILES string of the molecule is Cc1ccc(C(=O)NCC(F)(F)F)cc1NC(=O)N1CCN(C(=O)c2ccco2)CC1. The van der Waals surface area contributed by atoms with Gasteiger partial charge in [0, 0.05) is 37.4 Å². The molecule has 4 amide bonds. The molecule has 0 bridgehead atoms. The summed E-state index contributed by atoms with van der Waals surface area (Å²) in [7, 11) is 0. The van der Waals surface area contributed by atoms with Gasteiger partial charge < -0.3 is 24.9 Å². The van der Waals surface area contributed by atoms with Crippen LogP contribution in [0.3, 0.4) is 0 Å². The van der Waals surface area contributed by atoms with Gasteiger partial charge in [-0.3, -0.25) is 9.59 Å². The van der Waals surface area contributed by atoms with Crippen molar-refractivity contribution in [1.82, 2.24) is 15.1 Å². The van der Waals surface area contributed by atoms with E-state index >= 15 is 0 Å². The third-order valence-electron chi connectivity index (χ3n) is 4.78. The average Bonchev–Trinajstić information content (AvgIpc) is 3.27. The minimum atomic E-state index is -4.52. The zero-order chi connectivity index (χ0) is 22.6. The number of hydrogen-bond acceptors (Lipinski definition) is 4. The van der Waals surface area contributed by atoms with Crippen LogP contribution < -0.4 is 10.6 Å². The van der Waals surface area contributed by atoms with Crippen molar-refractivity contribution < 1.29 is 32.0 Å². The van der Waals surface area contributed by atoms with Gasteiger partial charge in [0.25, 0.3) is 11.8 Å². The molecule has 2 heterocycles. The topological polar surface area (TPSA) is 94.9 Å². The lowest BCUT2D eigenvalue weighted by atomic mass is 10.1. The molecule has 0 atom stereocenters. The maximum absolute atomic E-state index is 12.6. The van der Waals surface area contributed by atoms with Gasteiger partial charge >= 0.3 is 12.2 Å². The van der Waals surface area contributed by atoms with Crippen molar-refractivity contribution in [2.24, 2.45) is 0 Å². The van der Waals surface area contributed by atoms with E-state index in [1.165, 1.54) is 29.4 Å². The van der Waals surface area contributed by atoms with Crippen molar-refractivity contribution >= 4 is 23.5 Å². The van der Waals surface area contributed by atoms with Crippen molar-refractivity contribution in [2.75, 3.05) is 38.0 Å². The van der Waals surface area contributed by atoms with Gasteiger partial charge in [0.05, 0.1) is 6.26 Å². The molecule has 2 N–H and O–H groups in total. The fraction of sp³-hybridized carbons (Fsp3) is 0.350. The molecule has 0 aliphatic carbocycles. The first-order chi connectivity index (χ1) is 14.6. The highest BCUT2D eigenvalue weighted by Gasteiger charge is 2.28. The average molecular weight is 438 g/mol. The number of nitrogens with zero attached hydrogens (tertiary/aromatic N) is 2. The van der Waals surface area contributed by atoms with Crippen LogP contribution in [0.4, 0.5) is 23.7 Å². The predicted octanol–water partition coefficient (Wildman–Crippen LogP) is 2.87. The van der Waals surface area contributed by atoms with E-state index in [1.807, 2.05) is 0 Å². The molecule has 0 saturated carbocycles. The number of halogens is 3. The molecule has 0 unspecified atom stereocenters. The minimum absolute atomic E-state index is 0.000913. The van der Waals surface area contributed by atoms with Crippen LogP contribution in [0.25, 0.3) is 0 Å². The molecule has 1 aliphatic rings. The normalized spacial score (nSPS) is 14.3. The molecule has 2 aromatic rings. The van der Waals surface area contributed by atoms with Gasteiger partial charge in [-0.15, -0.1) is 0 Å². The minimum Gasteiger partial charge on any atom is -0.459 e. The zero-order valence-corrected chi connectivity index (χ0v) is 16.7. The molecule has 3 rings (SSSR count). The van der Waals surface area contributed by atoms with Crippen LogP contribution in [0.15, 0.2) is 41.0 Å². The van der Waals surface area contributed by atoms with E-state index < -0.39 is 24.7 Å². The van der Waals surface area contributed by atoms with E-state index in [-0.39, 0.29) is 17.2 Å². The number of piperazine rings is 1. The Bertz CT molecular complexity index is 952. The van der Waals surface area contributed by atoms with E-state index in [4.69, 9.17) is 4.42 Å². The summed E-state index contributed by atoms with van der Waals surface area (Å²) in [5.41, 5.74) is 0.963. The molecule has 166 valence electrons. The van der Waals surface area contributed by atoms with Crippen LogP contribution >= 0.6 is 0 Å². The highest BCUT2D eigenvalue weighted by atomic mass is 19.4. The van der Waals surface area contributed by atoms with Gasteiger partial charge in [0.1, 0.15) is 6.54 Å². The van der Waals surface area contributed by atoms with Gasteiger partial charge in [0.2, 0.25) is 0 Å². The fourth-order valence-electron chi connectivity index (χ4n) is 3.04. The van der Waals surface area contributed by atoms with Crippen LogP contribution in [0.1, 0.15) is 26.5 Å². The largest absolute Gasteiger partial charge is 0.459 e. The molecule has 0 spiro atoms. The number of furan rings is 1. The summed E-state index contributed by atoms with van der Waals surface area (Å²) in [6, 6.07) is 7.02. The molecule has 1 aromatic heterocycles. The summed E-state index contributed by atoms with van der Waals surface area (Å²) < 4.78 is 42.0. The van der Waals surface area contributed by atoms with E-state index in [9.17, 15) is 27.6 Å². The summed E-state index contributed by atoms with van der Waals surface area (Å²) in [6.07, 6.45) is -3.10. The number of nitrogens with one attached hydrogen (secondary N) is 2. The van der Waals surface area contributed by atoms with E-state index in [0.29, 0.717) is 37.4 Å². The maximum Gasteiger partial charge on any atom is 0.405 e. The van der Waals surface area contributed by atoms with Crippen LogP contribution in [0, 0.1) is 6.92 Å². The molecule has 1 aromatic carbocycles. The molecular formula is C20H21F3N4O4. The third kappa shape index (κ3) is 5.77. The summed E-state index contributed by atoms with van der Waals surface area (Å²) in [4.78, 5) is 40.0. The monoisotopic (exact) mass is 438 g/mol. The van der Waals surface area contributed by atoms with Crippen LogP contribution in [0.5, 0.6) is 0 Å². The van der Waals surface area contributed by atoms with Gasteiger partial charge in [-0.25, -0.2) is 4.79 Å². The Morgan fingerprint density at radius 3 is 2.35 bits per heavy atom. The Morgan fingerprint density at radius 2 is 1.74 bits per heavy atom. The first kappa shape index (κ1) is 22.2. The smallest absolute Gasteiger partial charge is 0.405 e. The molecule has 8 nitrogen and oxygen atoms in total. The van der Waals surface area contributed by atoms with Gasteiger partial charge in [-0.05, 0) is 36.8 Å². The van der Waals surface area contributed by atoms with E-state index in [1.54, 1.807) is 29.3 Å². The highest BCUT2D eigenvalue weighted by molar-refractivity contribution is 5.97. The molecule has 1 saturated heterocycles. The second-order valence-corrected chi connectivity index (χ2v) is 7.01. The number of alkyl halides is 3. The molecule has 1 fully saturated rings. The van der Waals surface area contributed by atoms with Crippen LogP contribution in [-0.4, -0.2) is 66.5 Å². The Kier molecular flexibility index (Phi) is 6.52. The predicted molar refractivity (Wildman–Crippen MR) is 105 cm³/mol. The summed E-state index contributed by atoms with van der Waals surface area (Å²) in [5, 5.41) is 4.48. The van der Waals surface area contributed by atoms with Crippen molar-refractivity contribution in [1.29, 1.82) is 0 Å². The lowest BCUT2D eigenvalue weighted by molar-refractivity contribution is -0.123. The number of hydrogen-bond donors (Lipinski definition) is 2. The molecule has 1 aliphatic heterocycles. The van der Waals surface area contributed by atoms with Gasteiger partial charge in [-0.1, -0.05) is 6.07 Å². The fourth-order valence-corrected chi connectivity index (χ4v) is 3.04. The number of rotatable bonds is 4. The number of carbonyl (C=O) groups excluding carboxylic acids is 3. The van der Waals surface area contributed by atoms with Gasteiger partial charge in [0.15, 0.2) is 5.76 Å². The maximum atomic E-state index is 12.6. The number of urea groups is 1. The lowest BCUT2D eigenvalue weighted by Crippen LogP contribution is -2.51.